The Morgan fingerprint density at radius 1 is 1.00 bits per heavy atom. The van der Waals surface area contributed by atoms with Crippen LogP contribution in [0.4, 0.5) is 5.69 Å². The summed E-state index contributed by atoms with van der Waals surface area (Å²) < 4.78 is 0. The maximum absolute atomic E-state index is 4.48. The minimum Gasteiger partial charge on any atom is -0.261 e. The van der Waals surface area contributed by atoms with Crippen molar-refractivity contribution in [2.75, 3.05) is 0 Å². The third-order valence-corrected chi connectivity index (χ3v) is 2.32. The van der Waals surface area contributed by atoms with Crippen molar-refractivity contribution in [1.29, 1.82) is 0 Å². The molecule has 0 aliphatic carbocycles. The Kier molecular flexibility index (Phi) is 3.45. The van der Waals surface area contributed by atoms with Crippen LogP contribution in [0.2, 0.25) is 0 Å². The molecule has 1 heteroatoms. The van der Waals surface area contributed by atoms with E-state index in [2.05, 4.69) is 51.7 Å². The van der Waals surface area contributed by atoms with Crippen LogP contribution in [0.5, 0.6) is 0 Å². The molecule has 0 unspecified atom stereocenters. The first kappa shape index (κ1) is 11.0. The lowest BCUT2D eigenvalue weighted by atomic mass is 10.1. The van der Waals surface area contributed by atoms with E-state index in [9.17, 15) is 0 Å². The lowest BCUT2D eigenvalue weighted by Gasteiger charge is -2.05. The average molecular weight is 189 g/mol. The quantitative estimate of drug-likeness (QED) is 0.624. The molecule has 76 valence electrons. The van der Waals surface area contributed by atoms with Gasteiger partial charge in [-0.3, -0.25) is 4.99 Å². The van der Waals surface area contributed by atoms with E-state index in [0.29, 0.717) is 5.92 Å². The summed E-state index contributed by atoms with van der Waals surface area (Å²) in [5.41, 5.74) is 5.00. The number of benzene rings is 1. The highest BCUT2D eigenvalue weighted by molar-refractivity contribution is 5.67. The molecule has 0 aromatic heterocycles. The molecule has 0 saturated heterocycles. The summed E-state index contributed by atoms with van der Waals surface area (Å²) in [5.74, 6) is 0.510. The van der Waals surface area contributed by atoms with Crippen molar-refractivity contribution in [2.24, 2.45) is 10.9 Å². The van der Waals surface area contributed by atoms with Crippen LogP contribution in [0.1, 0.15) is 30.5 Å². The van der Waals surface area contributed by atoms with Crippen molar-refractivity contribution in [1.82, 2.24) is 0 Å². The lowest BCUT2D eigenvalue weighted by Crippen LogP contribution is -1.88. The van der Waals surface area contributed by atoms with Gasteiger partial charge >= 0.3 is 0 Å². The molecular weight excluding hydrogens is 170 g/mol. The van der Waals surface area contributed by atoms with E-state index in [-0.39, 0.29) is 0 Å². The van der Waals surface area contributed by atoms with Gasteiger partial charge in [0.15, 0.2) is 0 Å². The van der Waals surface area contributed by atoms with E-state index >= 15 is 0 Å². The summed E-state index contributed by atoms with van der Waals surface area (Å²) in [4.78, 5) is 4.48. The maximum Gasteiger partial charge on any atom is 0.0657 e. The first-order chi connectivity index (χ1) is 6.50. The number of rotatable bonds is 2. The smallest absolute Gasteiger partial charge is 0.0657 e. The molecule has 1 rings (SSSR count). The van der Waals surface area contributed by atoms with Gasteiger partial charge in [-0.25, -0.2) is 0 Å². The molecule has 0 aliphatic heterocycles. The number of hydrogen-bond donors (Lipinski definition) is 0. The van der Waals surface area contributed by atoms with Crippen molar-refractivity contribution in [3.8, 4) is 0 Å². The van der Waals surface area contributed by atoms with Gasteiger partial charge in [-0.2, -0.15) is 0 Å². The van der Waals surface area contributed by atoms with Crippen molar-refractivity contribution in [3.63, 3.8) is 0 Å². The lowest BCUT2D eigenvalue weighted by molar-refractivity contribution is 0.907. The van der Waals surface area contributed by atoms with Gasteiger partial charge in [-0.15, -0.1) is 0 Å². The molecule has 1 aromatic rings. The SMILES string of the molecule is Cc1cc(C)c(/N=C\C(C)C)cc1C. The fourth-order valence-corrected chi connectivity index (χ4v) is 1.31. The van der Waals surface area contributed by atoms with Crippen LogP contribution in [-0.2, 0) is 0 Å². The van der Waals surface area contributed by atoms with Crippen molar-refractivity contribution in [2.45, 2.75) is 34.6 Å². The van der Waals surface area contributed by atoms with Crippen LogP contribution in [0.25, 0.3) is 0 Å². The summed E-state index contributed by atoms with van der Waals surface area (Å²) in [7, 11) is 0. The summed E-state index contributed by atoms with van der Waals surface area (Å²) in [6, 6.07) is 4.35. The second kappa shape index (κ2) is 4.41. The summed E-state index contributed by atoms with van der Waals surface area (Å²) in [6.45, 7) is 10.7. The highest BCUT2D eigenvalue weighted by Crippen LogP contribution is 2.22. The number of aliphatic imine (C=N–C) groups is 1. The molecule has 0 aliphatic rings. The molecule has 0 atom stereocenters. The van der Waals surface area contributed by atoms with Crippen LogP contribution < -0.4 is 0 Å². The van der Waals surface area contributed by atoms with E-state index in [1.54, 1.807) is 0 Å². The standard InChI is InChI=1S/C13H19N/c1-9(2)8-14-13-7-11(4)10(3)6-12(13)5/h6-9H,1-5H3/b14-8-. The molecule has 0 heterocycles. The summed E-state index contributed by atoms with van der Waals surface area (Å²) in [6.07, 6.45) is 2.00. The van der Waals surface area contributed by atoms with E-state index in [0.717, 1.165) is 5.69 Å². The zero-order valence-corrected chi connectivity index (χ0v) is 9.76. The van der Waals surface area contributed by atoms with Crippen LogP contribution in [0.15, 0.2) is 17.1 Å². The van der Waals surface area contributed by atoms with Gasteiger partial charge in [0.1, 0.15) is 0 Å². The molecule has 1 aromatic carbocycles. The van der Waals surface area contributed by atoms with Crippen molar-refractivity contribution in [3.05, 3.63) is 28.8 Å². The fourth-order valence-electron chi connectivity index (χ4n) is 1.31. The van der Waals surface area contributed by atoms with Crippen LogP contribution in [0, 0.1) is 26.7 Å². The third-order valence-electron chi connectivity index (χ3n) is 2.32. The Bertz CT molecular complexity index is 348. The Morgan fingerprint density at radius 3 is 2.14 bits per heavy atom. The highest BCUT2D eigenvalue weighted by Gasteiger charge is 1.99. The van der Waals surface area contributed by atoms with Gasteiger partial charge in [-0.05, 0) is 49.4 Å². The van der Waals surface area contributed by atoms with Gasteiger partial charge in [0, 0.05) is 6.21 Å². The largest absolute Gasteiger partial charge is 0.261 e. The van der Waals surface area contributed by atoms with E-state index in [1.807, 2.05) is 6.21 Å². The molecule has 14 heavy (non-hydrogen) atoms. The van der Waals surface area contributed by atoms with Gasteiger partial charge in [-0.1, -0.05) is 19.9 Å². The molecule has 0 N–H and O–H groups in total. The second-order valence-electron chi connectivity index (χ2n) is 4.25. The van der Waals surface area contributed by atoms with Gasteiger partial charge in [0.25, 0.3) is 0 Å². The molecule has 0 fully saturated rings. The number of hydrogen-bond acceptors (Lipinski definition) is 1. The van der Waals surface area contributed by atoms with Crippen molar-refractivity contribution < 1.29 is 0 Å². The Morgan fingerprint density at radius 2 is 1.57 bits per heavy atom. The fraction of sp³-hybridized carbons (Fsp3) is 0.462. The molecule has 0 radical (unpaired) electrons. The van der Waals surface area contributed by atoms with Gasteiger partial charge in [0.2, 0.25) is 0 Å². The maximum atomic E-state index is 4.48. The van der Waals surface area contributed by atoms with Crippen LogP contribution >= 0.6 is 0 Å². The molecule has 0 spiro atoms. The highest BCUT2D eigenvalue weighted by atomic mass is 14.7. The van der Waals surface area contributed by atoms with Gasteiger partial charge in [0.05, 0.1) is 5.69 Å². The van der Waals surface area contributed by atoms with E-state index < -0.39 is 0 Å². The molecule has 0 saturated carbocycles. The monoisotopic (exact) mass is 189 g/mol. The zero-order chi connectivity index (χ0) is 10.7. The van der Waals surface area contributed by atoms with Crippen LogP contribution in [0.3, 0.4) is 0 Å². The van der Waals surface area contributed by atoms with Gasteiger partial charge < -0.3 is 0 Å². The molecule has 0 amide bonds. The zero-order valence-electron chi connectivity index (χ0n) is 9.76. The predicted molar refractivity (Wildman–Crippen MR) is 63.6 cm³/mol. The minimum absolute atomic E-state index is 0.510. The third kappa shape index (κ3) is 2.69. The normalized spacial score (nSPS) is 11.6. The summed E-state index contributed by atoms with van der Waals surface area (Å²) in [5, 5.41) is 0. The molecule has 0 bridgehead atoms. The number of nitrogens with zero attached hydrogens (tertiary/aromatic N) is 1. The second-order valence-corrected chi connectivity index (χ2v) is 4.25. The first-order valence-corrected chi connectivity index (χ1v) is 5.12. The average Bonchev–Trinajstić information content (AvgIpc) is 2.09. The molecule has 1 nitrogen and oxygen atoms in total. The predicted octanol–water partition coefficient (Wildman–Crippen LogP) is 3.97. The van der Waals surface area contributed by atoms with E-state index in [4.69, 9.17) is 0 Å². The first-order valence-electron chi connectivity index (χ1n) is 5.12. The Labute approximate surface area is 86.9 Å². The van der Waals surface area contributed by atoms with Crippen LogP contribution in [-0.4, -0.2) is 6.21 Å². The molecular formula is C13H19N. The minimum atomic E-state index is 0.510. The van der Waals surface area contributed by atoms with E-state index in [1.165, 1.54) is 16.7 Å². The number of aryl methyl sites for hydroxylation is 3. The topological polar surface area (TPSA) is 12.4 Å². The Hall–Kier alpha value is -1.11. The van der Waals surface area contributed by atoms with Crippen molar-refractivity contribution >= 4 is 11.9 Å². The Balaban J connectivity index is 3.04. The summed E-state index contributed by atoms with van der Waals surface area (Å²) >= 11 is 0.